The fourth-order valence-electron chi connectivity index (χ4n) is 1.67. The van der Waals surface area contributed by atoms with E-state index in [0.29, 0.717) is 0 Å². The van der Waals surface area contributed by atoms with Crippen molar-refractivity contribution in [3.8, 4) is 0 Å². The van der Waals surface area contributed by atoms with Crippen molar-refractivity contribution in [3.63, 3.8) is 0 Å². The lowest BCUT2D eigenvalue weighted by molar-refractivity contribution is 0.0945. The molecule has 1 amide bonds. The second-order valence-corrected chi connectivity index (χ2v) is 6.89. The average Bonchev–Trinajstić information content (AvgIpc) is 2.27. The summed E-state index contributed by atoms with van der Waals surface area (Å²) >= 11 is 0. The van der Waals surface area contributed by atoms with Gasteiger partial charge in [-0.2, -0.15) is 0 Å². The maximum atomic E-state index is 13.2. The first kappa shape index (κ1) is 16.4. The Kier molecular flexibility index (Phi) is 4.72. The Morgan fingerprint density at radius 2 is 2.00 bits per heavy atom. The quantitative estimate of drug-likeness (QED) is 0.688. The van der Waals surface area contributed by atoms with E-state index in [2.05, 4.69) is 10.0 Å². The summed E-state index contributed by atoms with van der Waals surface area (Å²) in [6.45, 7) is 3.27. The molecule has 0 unspecified atom stereocenters. The van der Waals surface area contributed by atoms with Gasteiger partial charge in [-0.05, 0) is 26.0 Å². The lowest BCUT2D eigenvalue weighted by atomic mass is 10.1. The molecule has 0 atom stereocenters. The molecule has 8 heteroatoms. The number of nitrogens with one attached hydrogen (secondary N) is 2. The van der Waals surface area contributed by atoms with Gasteiger partial charge in [0.1, 0.15) is 5.82 Å². The number of para-hydroxylation sites is 1. The van der Waals surface area contributed by atoms with Crippen molar-refractivity contribution in [3.05, 3.63) is 29.6 Å². The van der Waals surface area contributed by atoms with Gasteiger partial charge in [-0.3, -0.25) is 4.79 Å². The summed E-state index contributed by atoms with van der Waals surface area (Å²) in [5.74, 6) is -1.24. The molecule has 0 aliphatic heterocycles. The molecule has 1 aromatic rings. The minimum absolute atomic E-state index is 0.0140. The molecule has 0 spiro atoms. The van der Waals surface area contributed by atoms with Gasteiger partial charge in [0.15, 0.2) is 0 Å². The van der Waals surface area contributed by atoms with Crippen molar-refractivity contribution >= 4 is 21.6 Å². The van der Waals surface area contributed by atoms with Gasteiger partial charge in [0.25, 0.3) is 5.91 Å². The van der Waals surface area contributed by atoms with Gasteiger partial charge in [0.2, 0.25) is 10.0 Å². The average molecular weight is 303 g/mol. The number of hydrogen-bond donors (Lipinski definition) is 3. The summed E-state index contributed by atoms with van der Waals surface area (Å²) in [6.07, 6.45) is 1.03. The first-order valence-corrected chi connectivity index (χ1v) is 7.72. The van der Waals surface area contributed by atoms with Crippen LogP contribution in [0.3, 0.4) is 0 Å². The number of rotatable bonds is 5. The van der Waals surface area contributed by atoms with Crippen LogP contribution in [0.4, 0.5) is 10.1 Å². The largest absolute Gasteiger partial charge is 0.396 e. The van der Waals surface area contributed by atoms with E-state index in [0.717, 1.165) is 12.3 Å². The number of carbonyl (C=O) groups is 1. The third kappa shape index (κ3) is 4.78. The Morgan fingerprint density at radius 1 is 1.40 bits per heavy atom. The van der Waals surface area contributed by atoms with Crippen molar-refractivity contribution < 1.29 is 17.6 Å². The Morgan fingerprint density at radius 3 is 2.55 bits per heavy atom. The van der Waals surface area contributed by atoms with Crippen LogP contribution < -0.4 is 15.8 Å². The lowest BCUT2D eigenvalue weighted by Gasteiger charge is -2.25. The topological polar surface area (TPSA) is 101 Å². The zero-order chi connectivity index (χ0) is 15.6. The van der Waals surface area contributed by atoms with Crippen LogP contribution in [0, 0.1) is 5.82 Å². The molecule has 112 valence electrons. The maximum absolute atomic E-state index is 13.2. The second-order valence-electron chi connectivity index (χ2n) is 5.14. The van der Waals surface area contributed by atoms with Crippen LogP contribution in [0.15, 0.2) is 18.2 Å². The summed E-state index contributed by atoms with van der Waals surface area (Å²) in [5, 5.41) is 2.52. The van der Waals surface area contributed by atoms with E-state index < -0.39 is 27.3 Å². The third-order valence-corrected chi connectivity index (χ3v) is 3.37. The van der Waals surface area contributed by atoms with Gasteiger partial charge in [-0.1, -0.05) is 6.07 Å². The molecule has 0 heterocycles. The zero-order valence-electron chi connectivity index (χ0n) is 11.5. The predicted molar refractivity (Wildman–Crippen MR) is 75.2 cm³/mol. The van der Waals surface area contributed by atoms with Crippen LogP contribution >= 0.6 is 0 Å². The van der Waals surface area contributed by atoms with E-state index in [1.165, 1.54) is 12.1 Å². The number of halogens is 1. The number of nitrogens with two attached hydrogens (primary N) is 1. The summed E-state index contributed by atoms with van der Waals surface area (Å²) < 4.78 is 38.0. The first-order chi connectivity index (χ1) is 9.02. The van der Waals surface area contributed by atoms with Gasteiger partial charge in [-0.15, -0.1) is 0 Å². The maximum Gasteiger partial charge on any atom is 0.253 e. The molecule has 0 aromatic heterocycles. The highest BCUT2D eigenvalue weighted by Crippen LogP contribution is 2.15. The van der Waals surface area contributed by atoms with Crippen LogP contribution in [0.5, 0.6) is 0 Å². The number of amides is 1. The Balaban J connectivity index is 2.75. The van der Waals surface area contributed by atoms with E-state index in [4.69, 9.17) is 5.73 Å². The molecule has 1 aromatic carbocycles. The number of hydrogen-bond acceptors (Lipinski definition) is 4. The van der Waals surface area contributed by atoms with Crippen LogP contribution in [0.2, 0.25) is 0 Å². The third-order valence-electron chi connectivity index (χ3n) is 2.45. The summed E-state index contributed by atoms with van der Waals surface area (Å²) in [6, 6.07) is 3.92. The highest BCUT2D eigenvalue weighted by molar-refractivity contribution is 7.88. The van der Waals surface area contributed by atoms with Crippen molar-refractivity contribution in [2.75, 3.05) is 18.5 Å². The molecule has 0 bridgehead atoms. The van der Waals surface area contributed by atoms with E-state index in [1.807, 2.05) is 0 Å². The molecular weight excluding hydrogens is 285 g/mol. The van der Waals surface area contributed by atoms with E-state index in [-0.39, 0.29) is 17.8 Å². The SMILES string of the molecule is CC(C)(CNC(=O)c1cccc(F)c1N)NS(C)(=O)=O. The highest BCUT2D eigenvalue weighted by Gasteiger charge is 2.23. The summed E-state index contributed by atoms with van der Waals surface area (Å²) in [4.78, 5) is 11.9. The molecule has 6 nitrogen and oxygen atoms in total. The minimum Gasteiger partial charge on any atom is -0.396 e. The zero-order valence-corrected chi connectivity index (χ0v) is 12.3. The van der Waals surface area contributed by atoms with Gasteiger partial charge < -0.3 is 11.1 Å². The molecule has 0 radical (unpaired) electrons. The molecule has 0 aliphatic rings. The fraction of sp³-hybridized carbons (Fsp3) is 0.417. The predicted octanol–water partition coefficient (Wildman–Crippen LogP) is 0.466. The van der Waals surface area contributed by atoms with E-state index >= 15 is 0 Å². The number of sulfonamides is 1. The fourth-order valence-corrected chi connectivity index (χ4v) is 2.75. The molecular formula is C12H18FN3O3S. The van der Waals surface area contributed by atoms with Crippen molar-refractivity contribution in [1.29, 1.82) is 0 Å². The van der Waals surface area contributed by atoms with Crippen molar-refractivity contribution in [2.24, 2.45) is 0 Å². The van der Waals surface area contributed by atoms with Crippen molar-refractivity contribution in [2.45, 2.75) is 19.4 Å². The highest BCUT2D eigenvalue weighted by atomic mass is 32.2. The Bertz CT molecular complexity index is 614. The standard InChI is InChI=1S/C12H18FN3O3S/c1-12(2,16-20(3,18)19)7-15-11(17)8-5-4-6-9(13)10(8)14/h4-6,16H,7,14H2,1-3H3,(H,15,17). The second kappa shape index (κ2) is 5.76. The van der Waals surface area contributed by atoms with Gasteiger partial charge in [0, 0.05) is 12.1 Å². The minimum atomic E-state index is -3.40. The van der Waals surface area contributed by atoms with Gasteiger partial charge in [0.05, 0.1) is 17.5 Å². The first-order valence-electron chi connectivity index (χ1n) is 5.83. The lowest BCUT2D eigenvalue weighted by Crippen LogP contribution is -2.51. The molecule has 1 rings (SSSR count). The normalized spacial score (nSPS) is 12.2. The van der Waals surface area contributed by atoms with Crippen molar-refractivity contribution in [1.82, 2.24) is 10.0 Å². The summed E-state index contributed by atoms with van der Waals surface area (Å²) in [5.41, 5.74) is 4.38. The van der Waals surface area contributed by atoms with Crippen LogP contribution in [0.25, 0.3) is 0 Å². The monoisotopic (exact) mass is 303 g/mol. The molecule has 0 fully saturated rings. The Labute approximate surface area is 117 Å². The number of nitrogen functional groups attached to an aromatic ring is 1. The molecule has 0 saturated heterocycles. The van der Waals surface area contributed by atoms with Crippen LogP contribution in [0.1, 0.15) is 24.2 Å². The van der Waals surface area contributed by atoms with Crippen LogP contribution in [-0.2, 0) is 10.0 Å². The van der Waals surface area contributed by atoms with E-state index in [1.54, 1.807) is 13.8 Å². The summed E-state index contributed by atoms with van der Waals surface area (Å²) in [7, 11) is -3.40. The molecule has 20 heavy (non-hydrogen) atoms. The smallest absolute Gasteiger partial charge is 0.253 e. The number of anilines is 1. The number of benzene rings is 1. The molecule has 0 saturated carbocycles. The van der Waals surface area contributed by atoms with Crippen LogP contribution in [-0.4, -0.2) is 32.7 Å². The Hall–Kier alpha value is -1.67. The van der Waals surface area contributed by atoms with E-state index in [9.17, 15) is 17.6 Å². The molecule has 0 aliphatic carbocycles. The molecule has 4 N–H and O–H groups in total. The number of carbonyl (C=O) groups excluding carboxylic acids is 1. The van der Waals surface area contributed by atoms with Gasteiger partial charge >= 0.3 is 0 Å². The van der Waals surface area contributed by atoms with Gasteiger partial charge in [-0.25, -0.2) is 17.5 Å².